The number of nitrogens with zero attached hydrogens (tertiary/aromatic N) is 3. The molecule has 146 valence electrons. The summed E-state index contributed by atoms with van der Waals surface area (Å²) in [7, 11) is 0. The van der Waals surface area contributed by atoms with Crippen LogP contribution in [0.4, 0.5) is 5.69 Å². The highest BCUT2D eigenvalue weighted by Gasteiger charge is 2.25. The van der Waals surface area contributed by atoms with Crippen molar-refractivity contribution < 1.29 is 4.79 Å². The molecular weight excluding hydrogens is 390 g/mol. The molecule has 0 saturated carbocycles. The predicted molar refractivity (Wildman–Crippen MR) is 116 cm³/mol. The molecule has 28 heavy (non-hydrogen) atoms. The zero-order valence-electron chi connectivity index (χ0n) is 16.1. The average molecular weight is 414 g/mol. The summed E-state index contributed by atoms with van der Waals surface area (Å²) < 4.78 is 0. The van der Waals surface area contributed by atoms with Gasteiger partial charge in [0.15, 0.2) is 0 Å². The van der Waals surface area contributed by atoms with Crippen LogP contribution in [0, 0.1) is 0 Å². The summed E-state index contributed by atoms with van der Waals surface area (Å²) in [5.74, 6) is -0.0927. The maximum atomic E-state index is 13.0. The van der Waals surface area contributed by atoms with Crippen molar-refractivity contribution >= 4 is 34.5 Å². The van der Waals surface area contributed by atoms with Crippen LogP contribution in [-0.2, 0) is 24.2 Å². The standard InChI is InChI=1S/C22H24ClN3OS/c1-3-17-12-8-9-13-19(17)26(22(27)18(23)4-2)15-21-25-24-20(28-21)14-16-10-6-5-7-11-16/h5-13,18H,3-4,14-15H2,1-2H3. The molecule has 1 atom stereocenters. The Labute approximate surface area is 175 Å². The fraction of sp³-hybridized carbons (Fsp3) is 0.318. The molecule has 0 bridgehead atoms. The number of hydrogen-bond donors (Lipinski definition) is 0. The minimum Gasteiger partial charge on any atom is -0.304 e. The summed E-state index contributed by atoms with van der Waals surface area (Å²) in [6.45, 7) is 4.39. The van der Waals surface area contributed by atoms with E-state index in [1.54, 1.807) is 16.2 Å². The molecule has 0 spiro atoms. The Morgan fingerprint density at radius 1 is 1.04 bits per heavy atom. The van der Waals surface area contributed by atoms with Gasteiger partial charge in [-0.25, -0.2) is 0 Å². The quantitative estimate of drug-likeness (QED) is 0.474. The van der Waals surface area contributed by atoms with Crippen molar-refractivity contribution in [1.82, 2.24) is 10.2 Å². The molecule has 3 rings (SSSR count). The van der Waals surface area contributed by atoms with Gasteiger partial charge in [0, 0.05) is 12.1 Å². The van der Waals surface area contributed by atoms with Gasteiger partial charge in [-0.15, -0.1) is 21.8 Å². The maximum absolute atomic E-state index is 13.0. The van der Waals surface area contributed by atoms with E-state index in [0.717, 1.165) is 34.1 Å². The van der Waals surface area contributed by atoms with Crippen LogP contribution >= 0.6 is 22.9 Å². The highest BCUT2D eigenvalue weighted by molar-refractivity contribution is 7.11. The second-order valence-corrected chi connectivity index (χ2v) is 8.21. The van der Waals surface area contributed by atoms with Crippen LogP contribution in [0.1, 0.15) is 41.4 Å². The summed E-state index contributed by atoms with van der Waals surface area (Å²) in [5.41, 5.74) is 3.21. The molecule has 1 heterocycles. The maximum Gasteiger partial charge on any atom is 0.245 e. The number of hydrogen-bond acceptors (Lipinski definition) is 4. The lowest BCUT2D eigenvalue weighted by atomic mass is 10.1. The number of carbonyl (C=O) groups is 1. The molecule has 0 saturated heterocycles. The third kappa shape index (κ3) is 4.97. The van der Waals surface area contributed by atoms with Crippen molar-refractivity contribution in [2.75, 3.05) is 4.90 Å². The first-order valence-electron chi connectivity index (χ1n) is 9.50. The lowest BCUT2D eigenvalue weighted by molar-refractivity contribution is -0.118. The van der Waals surface area contributed by atoms with Gasteiger partial charge in [0.25, 0.3) is 0 Å². The number of rotatable bonds is 8. The minimum absolute atomic E-state index is 0.0927. The van der Waals surface area contributed by atoms with E-state index in [4.69, 9.17) is 11.6 Å². The monoisotopic (exact) mass is 413 g/mol. The van der Waals surface area contributed by atoms with Gasteiger partial charge in [-0.3, -0.25) is 4.79 Å². The van der Waals surface area contributed by atoms with Crippen LogP contribution in [0.15, 0.2) is 54.6 Å². The van der Waals surface area contributed by atoms with Crippen molar-refractivity contribution in [2.24, 2.45) is 0 Å². The van der Waals surface area contributed by atoms with Crippen molar-refractivity contribution in [3.63, 3.8) is 0 Å². The summed E-state index contributed by atoms with van der Waals surface area (Å²) in [6, 6.07) is 18.2. The van der Waals surface area contributed by atoms with E-state index < -0.39 is 5.38 Å². The molecule has 1 aromatic heterocycles. The molecular formula is C22H24ClN3OS. The second-order valence-electron chi connectivity index (χ2n) is 6.53. The number of amides is 1. The van der Waals surface area contributed by atoms with Crippen LogP contribution in [0.2, 0.25) is 0 Å². The zero-order chi connectivity index (χ0) is 19.9. The molecule has 0 radical (unpaired) electrons. The van der Waals surface area contributed by atoms with E-state index >= 15 is 0 Å². The van der Waals surface area contributed by atoms with Gasteiger partial charge >= 0.3 is 0 Å². The zero-order valence-corrected chi connectivity index (χ0v) is 17.7. The molecule has 0 fully saturated rings. The van der Waals surface area contributed by atoms with Crippen LogP contribution in [0.25, 0.3) is 0 Å². The Morgan fingerprint density at radius 3 is 2.43 bits per heavy atom. The fourth-order valence-electron chi connectivity index (χ4n) is 3.03. The highest BCUT2D eigenvalue weighted by Crippen LogP contribution is 2.26. The van der Waals surface area contributed by atoms with Crippen molar-refractivity contribution in [2.45, 2.75) is 45.0 Å². The van der Waals surface area contributed by atoms with E-state index in [0.29, 0.717) is 13.0 Å². The first-order chi connectivity index (χ1) is 13.6. The fourth-order valence-corrected chi connectivity index (χ4v) is 4.01. The SMILES string of the molecule is CCc1ccccc1N(Cc1nnc(Cc2ccccc2)s1)C(=O)C(Cl)CC. The van der Waals surface area contributed by atoms with Gasteiger partial charge in [-0.1, -0.05) is 73.7 Å². The van der Waals surface area contributed by atoms with Gasteiger partial charge in [0.2, 0.25) is 5.91 Å². The van der Waals surface area contributed by atoms with Crippen LogP contribution in [-0.4, -0.2) is 21.5 Å². The molecule has 0 N–H and O–H groups in total. The molecule has 1 unspecified atom stereocenters. The summed E-state index contributed by atoms with van der Waals surface area (Å²) in [6.07, 6.45) is 2.17. The van der Waals surface area contributed by atoms with Gasteiger partial charge < -0.3 is 4.90 Å². The second kappa shape index (κ2) is 9.80. The topological polar surface area (TPSA) is 46.1 Å². The van der Waals surface area contributed by atoms with E-state index in [1.807, 2.05) is 49.4 Å². The number of alkyl halides is 1. The number of benzene rings is 2. The van der Waals surface area contributed by atoms with Gasteiger partial charge in [0.1, 0.15) is 15.4 Å². The molecule has 6 heteroatoms. The Kier molecular flexibility index (Phi) is 7.18. The number of aryl methyl sites for hydroxylation is 1. The average Bonchev–Trinajstić information content (AvgIpc) is 3.18. The Balaban J connectivity index is 1.85. The molecule has 3 aromatic rings. The minimum atomic E-state index is -0.554. The van der Waals surface area contributed by atoms with Gasteiger partial charge in [-0.2, -0.15) is 0 Å². The summed E-state index contributed by atoms with van der Waals surface area (Å²) in [4.78, 5) is 14.8. The molecule has 1 amide bonds. The normalized spacial score (nSPS) is 12.0. The molecule has 4 nitrogen and oxygen atoms in total. The summed E-state index contributed by atoms with van der Waals surface area (Å²) >= 11 is 7.85. The lowest BCUT2D eigenvalue weighted by Gasteiger charge is -2.26. The Hall–Kier alpha value is -2.24. The predicted octanol–water partition coefficient (Wildman–Crippen LogP) is 5.24. The van der Waals surface area contributed by atoms with E-state index in [-0.39, 0.29) is 5.91 Å². The van der Waals surface area contributed by atoms with Crippen LogP contribution in [0.3, 0.4) is 0 Å². The number of para-hydroxylation sites is 1. The highest BCUT2D eigenvalue weighted by atomic mass is 35.5. The number of aromatic nitrogens is 2. The third-order valence-electron chi connectivity index (χ3n) is 4.56. The smallest absolute Gasteiger partial charge is 0.245 e. The van der Waals surface area contributed by atoms with E-state index in [1.165, 1.54) is 5.56 Å². The third-order valence-corrected chi connectivity index (χ3v) is 5.96. The lowest BCUT2D eigenvalue weighted by Crippen LogP contribution is -2.36. The van der Waals surface area contributed by atoms with Gasteiger partial charge in [-0.05, 0) is 30.0 Å². The largest absolute Gasteiger partial charge is 0.304 e. The van der Waals surface area contributed by atoms with Crippen LogP contribution < -0.4 is 4.90 Å². The molecule has 0 aliphatic heterocycles. The Morgan fingerprint density at radius 2 is 1.71 bits per heavy atom. The van der Waals surface area contributed by atoms with Gasteiger partial charge in [0.05, 0.1) is 6.54 Å². The van der Waals surface area contributed by atoms with Crippen molar-refractivity contribution in [3.8, 4) is 0 Å². The summed E-state index contributed by atoms with van der Waals surface area (Å²) in [5, 5.41) is 9.85. The molecule has 0 aliphatic carbocycles. The Bertz CT molecular complexity index is 913. The first kappa shape index (κ1) is 20.5. The number of carbonyl (C=O) groups excluding carboxylic acids is 1. The van der Waals surface area contributed by atoms with Crippen LogP contribution in [0.5, 0.6) is 0 Å². The van der Waals surface area contributed by atoms with Crippen molar-refractivity contribution in [1.29, 1.82) is 0 Å². The van der Waals surface area contributed by atoms with Crippen molar-refractivity contribution in [3.05, 3.63) is 75.7 Å². The molecule has 2 aromatic carbocycles. The first-order valence-corrected chi connectivity index (χ1v) is 10.8. The number of halogens is 1. The molecule has 0 aliphatic rings. The number of anilines is 1. The van der Waals surface area contributed by atoms with E-state index in [2.05, 4.69) is 29.3 Å². The van der Waals surface area contributed by atoms with E-state index in [9.17, 15) is 4.79 Å².